The molecular formula is C19H17BrClN3O5. The van der Waals surface area contributed by atoms with E-state index in [1.54, 1.807) is 48.5 Å². The van der Waals surface area contributed by atoms with Crippen molar-refractivity contribution >= 4 is 56.9 Å². The van der Waals surface area contributed by atoms with Crippen molar-refractivity contribution in [3.05, 3.63) is 63.6 Å². The molecule has 0 saturated heterocycles. The molecule has 0 saturated carbocycles. The van der Waals surface area contributed by atoms with Crippen LogP contribution in [-0.2, 0) is 19.1 Å². The number of carbonyl (C=O) groups excluding carboxylic acids is 4. The van der Waals surface area contributed by atoms with Crippen LogP contribution >= 0.6 is 27.5 Å². The number of benzene rings is 2. The predicted molar refractivity (Wildman–Crippen MR) is 110 cm³/mol. The summed E-state index contributed by atoms with van der Waals surface area (Å²) >= 11 is 9.23. The smallest absolute Gasteiger partial charge is 0.306 e. The van der Waals surface area contributed by atoms with E-state index in [4.69, 9.17) is 16.3 Å². The number of hydrazine groups is 1. The van der Waals surface area contributed by atoms with Gasteiger partial charge in [-0.25, -0.2) is 0 Å². The molecule has 0 aliphatic rings. The molecule has 0 radical (unpaired) electrons. The maximum absolute atomic E-state index is 11.8. The average molecular weight is 483 g/mol. The van der Waals surface area contributed by atoms with Gasteiger partial charge in [0.15, 0.2) is 6.61 Å². The molecule has 3 amide bonds. The lowest BCUT2D eigenvalue weighted by Crippen LogP contribution is -2.41. The average Bonchev–Trinajstić information content (AvgIpc) is 2.71. The fourth-order valence-corrected chi connectivity index (χ4v) is 2.78. The lowest BCUT2D eigenvalue weighted by atomic mass is 10.2. The molecule has 8 nitrogen and oxygen atoms in total. The fourth-order valence-electron chi connectivity index (χ4n) is 2.06. The van der Waals surface area contributed by atoms with E-state index in [0.29, 0.717) is 16.3 Å². The van der Waals surface area contributed by atoms with Crippen LogP contribution in [0.2, 0.25) is 5.02 Å². The standard InChI is InChI=1S/C19H17BrClN3O5/c20-13-6-7-15(14(21)10-13)22-17(26)11-29-18(27)9-8-16(25)23-24-19(28)12-4-2-1-3-5-12/h1-7,10H,8-9,11H2,(H,22,26)(H,23,25)(H,24,28). The molecule has 2 aromatic rings. The van der Waals surface area contributed by atoms with Gasteiger partial charge in [0.1, 0.15) is 0 Å². The van der Waals surface area contributed by atoms with Crippen LogP contribution in [0.3, 0.4) is 0 Å². The quantitative estimate of drug-likeness (QED) is 0.415. The third kappa shape index (κ3) is 7.92. The summed E-state index contributed by atoms with van der Waals surface area (Å²) in [5.74, 6) is -2.35. The topological polar surface area (TPSA) is 114 Å². The van der Waals surface area contributed by atoms with E-state index in [-0.39, 0.29) is 12.8 Å². The molecule has 3 N–H and O–H groups in total. The van der Waals surface area contributed by atoms with Crippen LogP contribution in [0.1, 0.15) is 23.2 Å². The zero-order valence-electron chi connectivity index (χ0n) is 15.0. The Morgan fingerprint density at radius 2 is 1.66 bits per heavy atom. The third-order valence-corrected chi connectivity index (χ3v) is 4.28. The highest BCUT2D eigenvalue weighted by atomic mass is 79.9. The summed E-state index contributed by atoms with van der Waals surface area (Å²) in [6.45, 7) is -0.516. The van der Waals surface area contributed by atoms with E-state index >= 15 is 0 Å². The maximum Gasteiger partial charge on any atom is 0.306 e. The molecule has 0 aliphatic carbocycles. The third-order valence-electron chi connectivity index (χ3n) is 3.48. The van der Waals surface area contributed by atoms with E-state index in [9.17, 15) is 19.2 Å². The van der Waals surface area contributed by atoms with Crippen molar-refractivity contribution in [2.75, 3.05) is 11.9 Å². The number of anilines is 1. The van der Waals surface area contributed by atoms with Crippen molar-refractivity contribution < 1.29 is 23.9 Å². The number of hydrogen-bond acceptors (Lipinski definition) is 5. The second-order valence-electron chi connectivity index (χ2n) is 5.70. The predicted octanol–water partition coefficient (Wildman–Crippen LogP) is 2.83. The zero-order chi connectivity index (χ0) is 21.2. The monoisotopic (exact) mass is 481 g/mol. The minimum Gasteiger partial charge on any atom is -0.456 e. The van der Waals surface area contributed by atoms with Gasteiger partial charge in [-0.1, -0.05) is 45.7 Å². The van der Waals surface area contributed by atoms with E-state index in [2.05, 4.69) is 32.1 Å². The van der Waals surface area contributed by atoms with Crippen LogP contribution in [0, 0.1) is 0 Å². The summed E-state index contributed by atoms with van der Waals surface area (Å²) in [6, 6.07) is 13.2. The highest BCUT2D eigenvalue weighted by molar-refractivity contribution is 9.10. The van der Waals surface area contributed by atoms with Gasteiger partial charge in [-0.05, 0) is 30.3 Å². The van der Waals surface area contributed by atoms with E-state index in [0.717, 1.165) is 4.47 Å². The van der Waals surface area contributed by atoms with Gasteiger partial charge in [0.2, 0.25) is 5.91 Å². The SMILES string of the molecule is O=C(CCC(=O)OCC(=O)Nc1ccc(Br)cc1Cl)NNC(=O)c1ccccc1. The number of hydrogen-bond donors (Lipinski definition) is 3. The van der Waals surface area contributed by atoms with Crippen molar-refractivity contribution in [1.82, 2.24) is 10.9 Å². The van der Waals surface area contributed by atoms with E-state index in [1.807, 2.05) is 0 Å². The molecule has 2 aromatic carbocycles. The molecular weight excluding hydrogens is 466 g/mol. The molecule has 10 heteroatoms. The van der Waals surface area contributed by atoms with Gasteiger partial charge in [-0.2, -0.15) is 0 Å². The van der Waals surface area contributed by atoms with Crippen molar-refractivity contribution in [3.63, 3.8) is 0 Å². The Kier molecular flexibility index (Phi) is 8.63. The van der Waals surface area contributed by atoms with Gasteiger partial charge in [0, 0.05) is 16.5 Å². The first-order chi connectivity index (χ1) is 13.8. The van der Waals surface area contributed by atoms with Gasteiger partial charge in [-0.3, -0.25) is 30.0 Å². The van der Waals surface area contributed by atoms with E-state index in [1.165, 1.54) is 0 Å². The molecule has 2 rings (SSSR count). The largest absolute Gasteiger partial charge is 0.456 e. The van der Waals surface area contributed by atoms with Gasteiger partial charge >= 0.3 is 5.97 Å². The summed E-state index contributed by atoms with van der Waals surface area (Å²) in [5.41, 5.74) is 5.20. The molecule has 0 bridgehead atoms. The van der Waals surface area contributed by atoms with Crippen LogP contribution in [0.5, 0.6) is 0 Å². The van der Waals surface area contributed by atoms with Gasteiger partial charge in [0.05, 0.1) is 17.1 Å². The Morgan fingerprint density at radius 3 is 2.34 bits per heavy atom. The molecule has 0 atom stereocenters. The van der Waals surface area contributed by atoms with Crippen LogP contribution in [0.4, 0.5) is 5.69 Å². The Hall–Kier alpha value is -2.91. The number of esters is 1. The second-order valence-corrected chi connectivity index (χ2v) is 7.02. The lowest BCUT2D eigenvalue weighted by molar-refractivity contribution is -0.148. The van der Waals surface area contributed by atoms with E-state index < -0.39 is 30.3 Å². The number of amides is 3. The molecule has 0 heterocycles. The van der Waals surface area contributed by atoms with Gasteiger partial charge in [-0.15, -0.1) is 0 Å². The van der Waals surface area contributed by atoms with Crippen molar-refractivity contribution in [2.24, 2.45) is 0 Å². The normalized spacial score (nSPS) is 10.0. The maximum atomic E-state index is 11.8. The number of carbonyl (C=O) groups is 4. The molecule has 152 valence electrons. The van der Waals surface area contributed by atoms with Crippen molar-refractivity contribution in [3.8, 4) is 0 Å². The fraction of sp³-hybridized carbons (Fsp3) is 0.158. The van der Waals surface area contributed by atoms with Gasteiger partial charge in [0.25, 0.3) is 11.8 Å². The minimum atomic E-state index is -0.730. The number of ether oxygens (including phenoxy) is 1. The Labute approximate surface area is 180 Å². The van der Waals surface area contributed by atoms with Gasteiger partial charge < -0.3 is 10.1 Å². The first-order valence-corrected chi connectivity index (χ1v) is 9.57. The van der Waals surface area contributed by atoms with Crippen LogP contribution in [0.15, 0.2) is 53.0 Å². The summed E-state index contributed by atoms with van der Waals surface area (Å²) in [5, 5.41) is 2.84. The van der Waals surface area contributed by atoms with Crippen LogP contribution in [0.25, 0.3) is 0 Å². The van der Waals surface area contributed by atoms with Crippen molar-refractivity contribution in [1.29, 1.82) is 0 Å². The molecule has 0 fully saturated rings. The summed E-state index contributed by atoms with van der Waals surface area (Å²) in [4.78, 5) is 47.0. The molecule has 0 aromatic heterocycles. The van der Waals surface area contributed by atoms with Crippen molar-refractivity contribution in [2.45, 2.75) is 12.8 Å². The highest BCUT2D eigenvalue weighted by Gasteiger charge is 2.12. The Morgan fingerprint density at radius 1 is 0.931 bits per heavy atom. The minimum absolute atomic E-state index is 0.214. The Balaban J connectivity index is 1.65. The Bertz CT molecular complexity index is 908. The second kappa shape index (κ2) is 11.2. The first-order valence-electron chi connectivity index (χ1n) is 8.40. The molecule has 0 unspecified atom stereocenters. The highest BCUT2D eigenvalue weighted by Crippen LogP contribution is 2.25. The lowest BCUT2D eigenvalue weighted by Gasteiger charge is -2.09. The number of rotatable bonds is 7. The number of nitrogens with one attached hydrogen (secondary N) is 3. The zero-order valence-corrected chi connectivity index (χ0v) is 17.4. The van der Waals surface area contributed by atoms with Crippen LogP contribution < -0.4 is 16.2 Å². The summed E-state index contributed by atoms with van der Waals surface area (Å²) in [6.07, 6.45) is -0.465. The summed E-state index contributed by atoms with van der Waals surface area (Å²) < 4.78 is 5.57. The molecule has 29 heavy (non-hydrogen) atoms. The molecule has 0 spiro atoms. The molecule has 0 aliphatic heterocycles. The summed E-state index contributed by atoms with van der Waals surface area (Å²) in [7, 11) is 0. The number of halogens is 2. The van der Waals surface area contributed by atoms with Crippen LogP contribution in [-0.4, -0.2) is 30.3 Å². The first kappa shape index (κ1) is 22.4.